The lowest BCUT2D eigenvalue weighted by molar-refractivity contribution is -0.133. The topological polar surface area (TPSA) is 96.2 Å². The molecular weight excluding hydrogens is 344 g/mol. The number of fused-ring (bicyclic) bond motifs is 3. The second kappa shape index (κ2) is 8.14. The van der Waals surface area contributed by atoms with Gasteiger partial charge in [-0.3, -0.25) is 19.4 Å². The van der Waals surface area contributed by atoms with Crippen molar-refractivity contribution in [3.63, 3.8) is 0 Å². The molecule has 8 heteroatoms. The van der Waals surface area contributed by atoms with Crippen LogP contribution in [0.4, 0.5) is 0 Å². The minimum Gasteiger partial charge on any atom is -0.396 e. The van der Waals surface area contributed by atoms with Gasteiger partial charge in [-0.2, -0.15) is 0 Å². The third-order valence-corrected chi connectivity index (χ3v) is 5.76. The highest BCUT2D eigenvalue weighted by Gasteiger charge is 2.43. The van der Waals surface area contributed by atoms with Gasteiger partial charge >= 0.3 is 0 Å². The molecule has 0 radical (unpaired) electrons. The molecule has 2 aromatic rings. The van der Waals surface area contributed by atoms with Gasteiger partial charge in [0.2, 0.25) is 5.91 Å². The van der Waals surface area contributed by atoms with Gasteiger partial charge in [0.15, 0.2) is 0 Å². The number of nitrogens with zero attached hydrogens (tertiary/aromatic N) is 5. The summed E-state index contributed by atoms with van der Waals surface area (Å²) in [5, 5.41) is 20.4. The molecule has 2 aromatic heterocycles. The van der Waals surface area contributed by atoms with E-state index in [2.05, 4.69) is 25.5 Å². The van der Waals surface area contributed by atoms with E-state index in [4.69, 9.17) is 5.11 Å². The fraction of sp³-hybridized carbons (Fsp3) is 0.579. The summed E-state index contributed by atoms with van der Waals surface area (Å²) in [4.78, 5) is 19.2. The van der Waals surface area contributed by atoms with Crippen LogP contribution in [0.15, 0.2) is 30.7 Å². The molecule has 8 nitrogen and oxygen atoms in total. The highest BCUT2D eigenvalue weighted by atomic mass is 16.3. The average Bonchev–Trinajstić information content (AvgIpc) is 3.14. The second-order valence-corrected chi connectivity index (χ2v) is 7.52. The van der Waals surface area contributed by atoms with E-state index in [1.807, 2.05) is 23.0 Å². The van der Waals surface area contributed by atoms with Crippen molar-refractivity contribution in [3.05, 3.63) is 42.0 Å². The molecule has 2 N–H and O–H groups in total. The molecule has 27 heavy (non-hydrogen) atoms. The lowest BCUT2D eigenvalue weighted by Gasteiger charge is -2.49. The standard InChI is InChI=1S/C19H26N6O2/c26-7-4-16-11-25(23-22-16)12-17-8-15-3-6-24(17)13-18(15)19(27)21-10-14-2-1-5-20-9-14/h1-2,5,9,11,15,17-18,26H,3-4,6-8,10,12-13H2,(H,21,27)/t15-,17+,18-/m0/s1. The number of pyridine rings is 1. The molecule has 0 saturated carbocycles. The molecule has 4 atom stereocenters. The summed E-state index contributed by atoms with van der Waals surface area (Å²) in [5.74, 6) is 0.639. The van der Waals surface area contributed by atoms with Gasteiger partial charge in [-0.1, -0.05) is 11.3 Å². The minimum absolute atomic E-state index is 0.0624. The summed E-state index contributed by atoms with van der Waals surface area (Å²) in [6, 6.07) is 4.26. The molecule has 1 unspecified atom stereocenters. The summed E-state index contributed by atoms with van der Waals surface area (Å²) >= 11 is 0. The number of carbonyl (C=O) groups excluding carboxylic acids is 1. The van der Waals surface area contributed by atoms with Crippen LogP contribution < -0.4 is 5.32 Å². The zero-order valence-electron chi connectivity index (χ0n) is 15.4. The Kier molecular flexibility index (Phi) is 5.45. The van der Waals surface area contributed by atoms with E-state index in [1.54, 1.807) is 12.4 Å². The molecule has 5 rings (SSSR count). The number of piperidine rings is 3. The average molecular weight is 370 g/mol. The summed E-state index contributed by atoms with van der Waals surface area (Å²) in [6.45, 7) is 3.27. The van der Waals surface area contributed by atoms with E-state index in [-0.39, 0.29) is 18.4 Å². The predicted molar refractivity (Wildman–Crippen MR) is 98.5 cm³/mol. The van der Waals surface area contributed by atoms with Crippen molar-refractivity contribution in [2.45, 2.75) is 38.4 Å². The normalized spacial score (nSPS) is 26.9. The number of rotatable bonds is 7. The summed E-state index contributed by atoms with van der Waals surface area (Å²) in [5.41, 5.74) is 1.84. The van der Waals surface area contributed by atoms with Gasteiger partial charge in [-0.05, 0) is 36.9 Å². The van der Waals surface area contributed by atoms with E-state index < -0.39 is 0 Å². The van der Waals surface area contributed by atoms with E-state index in [0.717, 1.165) is 43.7 Å². The van der Waals surface area contributed by atoms with Crippen molar-refractivity contribution in [1.82, 2.24) is 30.2 Å². The van der Waals surface area contributed by atoms with Gasteiger partial charge in [0.1, 0.15) is 0 Å². The van der Waals surface area contributed by atoms with Crippen LogP contribution in [0.5, 0.6) is 0 Å². The molecule has 0 aliphatic carbocycles. The fourth-order valence-electron chi connectivity index (χ4n) is 4.32. The Balaban J connectivity index is 1.32. The largest absolute Gasteiger partial charge is 0.396 e. The number of hydrogen-bond donors (Lipinski definition) is 2. The van der Waals surface area contributed by atoms with Crippen molar-refractivity contribution in [2.24, 2.45) is 11.8 Å². The van der Waals surface area contributed by atoms with Crippen LogP contribution in [0, 0.1) is 11.8 Å². The number of aliphatic hydroxyl groups is 1. The first-order valence-corrected chi connectivity index (χ1v) is 9.63. The number of amides is 1. The lowest BCUT2D eigenvalue weighted by Crippen LogP contribution is -2.58. The number of hydrogen-bond acceptors (Lipinski definition) is 6. The predicted octanol–water partition coefficient (Wildman–Crippen LogP) is 0.235. The number of aliphatic hydroxyl groups excluding tert-OH is 1. The molecular formula is C19H26N6O2. The van der Waals surface area contributed by atoms with E-state index in [9.17, 15) is 4.79 Å². The molecule has 144 valence electrons. The van der Waals surface area contributed by atoms with Crippen molar-refractivity contribution < 1.29 is 9.90 Å². The molecule has 2 bridgehead atoms. The maximum atomic E-state index is 12.7. The third kappa shape index (κ3) is 4.17. The minimum atomic E-state index is 0.0624. The lowest BCUT2D eigenvalue weighted by atomic mass is 9.75. The monoisotopic (exact) mass is 370 g/mol. The van der Waals surface area contributed by atoms with Crippen LogP contribution >= 0.6 is 0 Å². The third-order valence-electron chi connectivity index (χ3n) is 5.76. The van der Waals surface area contributed by atoms with Gasteiger partial charge in [-0.25, -0.2) is 0 Å². The first-order chi connectivity index (χ1) is 13.2. The zero-order chi connectivity index (χ0) is 18.6. The van der Waals surface area contributed by atoms with E-state index in [0.29, 0.717) is 24.9 Å². The molecule has 3 fully saturated rings. The fourth-order valence-corrected chi connectivity index (χ4v) is 4.32. The number of carbonyl (C=O) groups is 1. The van der Waals surface area contributed by atoms with Gasteiger partial charge in [-0.15, -0.1) is 5.10 Å². The molecule has 3 aliphatic rings. The summed E-state index contributed by atoms with van der Waals surface area (Å²) in [7, 11) is 0. The Bertz CT molecular complexity index is 765. The maximum absolute atomic E-state index is 12.7. The van der Waals surface area contributed by atoms with Crippen LogP contribution in [0.25, 0.3) is 0 Å². The van der Waals surface area contributed by atoms with Crippen molar-refractivity contribution in [1.29, 1.82) is 0 Å². The highest BCUT2D eigenvalue weighted by molar-refractivity contribution is 5.79. The van der Waals surface area contributed by atoms with Crippen molar-refractivity contribution >= 4 is 5.91 Å². The molecule has 3 saturated heterocycles. The first kappa shape index (κ1) is 18.1. The van der Waals surface area contributed by atoms with Crippen molar-refractivity contribution in [3.8, 4) is 0 Å². The summed E-state index contributed by atoms with van der Waals surface area (Å²) in [6.07, 6.45) is 8.07. The van der Waals surface area contributed by atoms with Gasteiger partial charge in [0.05, 0.1) is 18.2 Å². The molecule has 0 aromatic carbocycles. The van der Waals surface area contributed by atoms with E-state index >= 15 is 0 Å². The Morgan fingerprint density at radius 1 is 1.41 bits per heavy atom. The first-order valence-electron chi connectivity index (χ1n) is 9.63. The van der Waals surface area contributed by atoms with Crippen LogP contribution in [0.2, 0.25) is 0 Å². The Morgan fingerprint density at radius 3 is 3.07 bits per heavy atom. The number of nitrogens with one attached hydrogen (secondary N) is 1. The number of aromatic nitrogens is 4. The van der Waals surface area contributed by atoms with Crippen LogP contribution in [-0.2, 0) is 24.3 Å². The molecule has 3 aliphatic heterocycles. The smallest absolute Gasteiger partial charge is 0.224 e. The SMILES string of the molecule is O=C(NCc1cccnc1)[C@H]1CN2CC[C@H]1C[C@@H]2Cn1cc(CCO)nn1. The van der Waals surface area contributed by atoms with Gasteiger partial charge < -0.3 is 10.4 Å². The van der Waals surface area contributed by atoms with Crippen molar-refractivity contribution in [2.75, 3.05) is 19.7 Å². The molecule has 1 amide bonds. The van der Waals surface area contributed by atoms with Crippen LogP contribution in [0.3, 0.4) is 0 Å². The van der Waals surface area contributed by atoms with Crippen LogP contribution in [-0.4, -0.2) is 61.6 Å². The Labute approximate surface area is 158 Å². The van der Waals surface area contributed by atoms with E-state index in [1.165, 1.54) is 0 Å². The highest BCUT2D eigenvalue weighted by Crippen LogP contribution is 2.36. The van der Waals surface area contributed by atoms with Gasteiger partial charge in [0, 0.05) is 50.7 Å². The summed E-state index contributed by atoms with van der Waals surface area (Å²) < 4.78 is 1.87. The molecule has 0 spiro atoms. The Hall–Kier alpha value is -2.32. The van der Waals surface area contributed by atoms with Gasteiger partial charge in [0.25, 0.3) is 0 Å². The zero-order valence-corrected chi connectivity index (χ0v) is 15.4. The quantitative estimate of drug-likeness (QED) is 0.725. The second-order valence-electron chi connectivity index (χ2n) is 7.52. The maximum Gasteiger partial charge on any atom is 0.224 e. The molecule has 5 heterocycles. The van der Waals surface area contributed by atoms with Crippen LogP contribution in [0.1, 0.15) is 24.1 Å². The Morgan fingerprint density at radius 2 is 2.33 bits per heavy atom.